The summed E-state index contributed by atoms with van der Waals surface area (Å²) in [5.41, 5.74) is 2.12. The Balaban J connectivity index is 1.89. The average molecular weight is 271 g/mol. The monoisotopic (exact) mass is 271 g/mol. The first-order valence-electron chi connectivity index (χ1n) is 6.89. The zero-order valence-electron chi connectivity index (χ0n) is 12.3. The van der Waals surface area contributed by atoms with E-state index in [0.29, 0.717) is 11.8 Å². The number of nitrogens with zero attached hydrogens (tertiary/aromatic N) is 2. The number of benzene rings is 1. The molecule has 0 aliphatic rings. The first kappa shape index (κ1) is 14.5. The summed E-state index contributed by atoms with van der Waals surface area (Å²) in [6.45, 7) is 8.11. The third kappa shape index (κ3) is 4.63. The van der Waals surface area contributed by atoms with Crippen molar-refractivity contribution in [1.82, 2.24) is 15.3 Å². The van der Waals surface area contributed by atoms with Crippen LogP contribution in [0.2, 0.25) is 0 Å². The molecule has 0 amide bonds. The van der Waals surface area contributed by atoms with Gasteiger partial charge in [0.05, 0.1) is 18.1 Å². The van der Waals surface area contributed by atoms with E-state index in [1.807, 2.05) is 31.2 Å². The van der Waals surface area contributed by atoms with Gasteiger partial charge in [0, 0.05) is 6.54 Å². The van der Waals surface area contributed by atoms with Crippen LogP contribution < -0.4 is 10.1 Å². The first-order valence-corrected chi connectivity index (χ1v) is 6.89. The SMILES string of the molecule is Cc1ccc(Oc2cnc(CNCC(C)C)cn2)cc1. The van der Waals surface area contributed by atoms with Crippen molar-refractivity contribution < 1.29 is 4.74 Å². The molecule has 0 saturated carbocycles. The Morgan fingerprint density at radius 3 is 2.45 bits per heavy atom. The summed E-state index contributed by atoms with van der Waals surface area (Å²) in [5.74, 6) is 1.92. The minimum atomic E-state index is 0.515. The molecular formula is C16H21N3O. The molecule has 0 unspecified atom stereocenters. The van der Waals surface area contributed by atoms with E-state index < -0.39 is 0 Å². The molecule has 4 nitrogen and oxygen atoms in total. The smallest absolute Gasteiger partial charge is 0.237 e. The maximum Gasteiger partial charge on any atom is 0.237 e. The van der Waals surface area contributed by atoms with E-state index >= 15 is 0 Å². The van der Waals surface area contributed by atoms with E-state index in [4.69, 9.17) is 4.74 Å². The fourth-order valence-corrected chi connectivity index (χ4v) is 1.70. The molecule has 20 heavy (non-hydrogen) atoms. The summed E-state index contributed by atoms with van der Waals surface area (Å²) in [6.07, 6.45) is 3.41. The lowest BCUT2D eigenvalue weighted by Crippen LogP contribution is -2.19. The molecule has 0 spiro atoms. The van der Waals surface area contributed by atoms with Gasteiger partial charge in [-0.15, -0.1) is 0 Å². The van der Waals surface area contributed by atoms with Crippen LogP contribution in [0.5, 0.6) is 11.6 Å². The maximum atomic E-state index is 5.64. The highest BCUT2D eigenvalue weighted by Gasteiger charge is 2.01. The van der Waals surface area contributed by atoms with Crippen LogP contribution in [-0.4, -0.2) is 16.5 Å². The summed E-state index contributed by atoms with van der Waals surface area (Å²) in [7, 11) is 0. The van der Waals surface area contributed by atoms with Crippen molar-refractivity contribution in [3.05, 3.63) is 47.9 Å². The molecule has 2 rings (SSSR count). The summed E-state index contributed by atoms with van der Waals surface area (Å²) in [6, 6.07) is 7.87. The second kappa shape index (κ2) is 7.01. The second-order valence-corrected chi connectivity index (χ2v) is 5.29. The minimum Gasteiger partial charge on any atom is -0.438 e. The van der Waals surface area contributed by atoms with Gasteiger partial charge in [0.2, 0.25) is 5.88 Å². The Kier molecular flexibility index (Phi) is 5.07. The van der Waals surface area contributed by atoms with Crippen LogP contribution in [-0.2, 0) is 6.54 Å². The number of hydrogen-bond donors (Lipinski definition) is 1. The van der Waals surface area contributed by atoms with Crippen molar-refractivity contribution in [2.75, 3.05) is 6.54 Å². The largest absolute Gasteiger partial charge is 0.438 e. The summed E-state index contributed by atoms with van der Waals surface area (Å²) in [5, 5.41) is 3.33. The Morgan fingerprint density at radius 1 is 1.10 bits per heavy atom. The van der Waals surface area contributed by atoms with Crippen LogP contribution >= 0.6 is 0 Å². The standard InChI is InChI=1S/C16H21N3O/c1-12(2)8-17-9-14-10-19-16(11-18-14)20-15-6-4-13(3)5-7-15/h4-7,10-12,17H,8-9H2,1-3H3. The number of aryl methyl sites for hydroxylation is 1. The van der Waals surface area contributed by atoms with E-state index in [-0.39, 0.29) is 0 Å². The van der Waals surface area contributed by atoms with Gasteiger partial charge in [-0.25, -0.2) is 4.98 Å². The fraction of sp³-hybridized carbons (Fsp3) is 0.375. The lowest BCUT2D eigenvalue weighted by molar-refractivity contribution is 0.458. The highest BCUT2D eigenvalue weighted by molar-refractivity contribution is 5.29. The van der Waals surface area contributed by atoms with Crippen molar-refractivity contribution in [3.8, 4) is 11.6 Å². The lowest BCUT2D eigenvalue weighted by Gasteiger charge is -2.07. The number of nitrogens with one attached hydrogen (secondary N) is 1. The lowest BCUT2D eigenvalue weighted by atomic mass is 10.2. The van der Waals surface area contributed by atoms with Gasteiger partial charge in [-0.2, -0.15) is 0 Å². The van der Waals surface area contributed by atoms with E-state index in [2.05, 4.69) is 29.1 Å². The number of rotatable bonds is 6. The number of hydrogen-bond acceptors (Lipinski definition) is 4. The predicted molar refractivity (Wildman–Crippen MR) is 79.8 cm³/mol. The number of ether oxygens (including phenoxy) is 1. The van der Waals surface area contributed by atoms with Crippen LogP contribution in [0.3, 0.4) is 0 Å². The number of aromatic nitrogens is 2. The highest BCUT2D eigenvalue weighted by Crippen LogP contribution is 2.18. The summed E-state index contributed by atoms with van der Waals surface area (Å²) < 4.78 is 5.64. The van der Waals surface area contributed by atoms with Crippen LogP contribution in [0.1, 0.15) is 25.1 Å². The molecule has 1 heterocycles. The normalized spacial score (nSPS) is 10.8. The Hall–Kier alpha value is -1.94. The molecule has 0 radical (unpaired) electrons. The molecular weight excluding hydrogens is 250 g/mol. The van der Waals surface area contributed by atoms with E-state index in [0.717, 1.165) is 24.5 Å². The van der Waals surface area contributed by atoms with E-state index in [9.17, 15) is 0 Å². The molecule has 106 valence electrons. The van der Waals surface area contributed by atoms with Crippen molar-refractivity contribution in [1.29, 1.82) is 0 Å². The van der Waals surface area contributed by atoms with Gasteiger partial charge in [0.25, 0.3) is 0 Å². The van der Waals surface area contributed by atoms with Gasteiger partial charge in [0.1, 0.15) is 5.75 Å². The molecule has 0 aliphatic carbocycles. The molecule has 1 N–H and O–H groups in total. The third-order valence-electron chi connectivity index (χ3n) is 2.78. The molecule has 4 heteroatoms. The molecule has 0 bridgehead atoms. The summed E-state index contributed by atoms with van der Waals surface area (Å²) in [4.78, 5) is 8.61. The molecule has 1 aromatic carbocycles. The maximum absolute atomic E-state index is 5.64. The Labute approximate surface area is 120 Å². The van der Waals surface area contributed by atoms with Crippen molar-refractivity contribution in [2.45, 2.75) is 27.3 Å². The quantitative estimate of drug-likeness (QED) is 0.875. The Morgan fingerprint density at radius 2 is 1.85 bits per heavy atom. The van der Waals surface area contributed by atoms with Crippen LogP contribution in [0.25, 0.3) is 0 Å². The predicted octanol–water partition coefficient (Wildman–Crippen LogP) is 3.32. The third-order valence-corrected chi connectivity index (χ3v) is 2.78. The van der Waals surface area contributed by atoms with Crippen LogP contribution in [0.4, 0.5) is 0 Å². The van der Waals surface area contributed by atoms with Gasteiger partial charge in [-0.05, 0) is 31.5 Å². The molecule has 0 fully saturated rings. The molecule has 0 saturated heterocycles. The Bertz CT molecular complexity index is 520. The van der Waals surface area contributed by atoms with Crippen LogP contribution in [0, 0.1) is 12.8 Å². The van der Waals surface area contributed by atoms with Gasteiger partial charge in [-0.3, -0.25) is 4.98 Å². The molecule has 0 aliphatic heterocycles. The van der Waals surface area contributed by atoms with Crippen LogP contribution in [0.15, 0.2) is 36.7 Å². The fourth-order valence-electron chi connectivity index (χ4n) is 1.70. The highest BCUT2D eigenvalue weighted by atomic mass is 16.5. The van der Waals surface area contributed by atoms with Crippen molar-refractivity contribution in [2.24, 2.45) is 5.92 Å². The topological polar surface area (TPSA) is 47.0 Å². The van der Waals surface area contributed by atoms with Crippen molar-refractivity contribution >= 4 is 0 Å². The van der Waals surface area contributed by atoms with Gasteiger partial charge >= 0.3 is 0 Å². The summed E-state index contributed by atoms with van der Waals surface area (Å²) >= 11 is 0. The van der Waals surface area contributed by atoms with E-state index in [1.165, 1.54) is 5.56 Å². The zero-order chi connectivity index (χ0) is 14.4. The molecule has 1 aromatic heterocycles. The van der Waals surface area contributed by atoms with E-state index in [1.54, 1.807) is 12.4 Å². The second-order valence-electron chi connectivity index (χ2n) is 5.29. The van der Waals surface area contributed by atoms with Gasteiger partial charge in [-0.1, -0.05) is 31.5 Å². The van der Waals surface area contributed by atoms with Gasteiger partial charge in [0.15, 0.2) is 0 Å². The van der Waals surface area contributed by atoms with Gasteiger partial charge < -0.3 is 10.1 Å². The molecule has 2 aromatic rings. The minimum absolute atomic E-state index is 0.515. The molecule has 0 atom stereocenters. The zero-order valence-corrected chi connectivity index (χ0v) is 12.3. The first-order chi connectivity index (χ1) is 9.63. The average Bonchev–Trinajstić information content (AvgIpc) is 2.43. The van der Waals surface area contributed by atoms with Crippen molar-refractivity contribution in [3.63, 3.8) is 0 Å².